The Morgan fingerprint density at radius 1 is 1.40 bits per heavy atom. The summed E-state index contributed by atoms with van der Waals surface area (Å²) in [5, 5.41) is 0. The number of rotatable bonds is 2. The first-order valence-electron chi connectivity index (χ1n) is 4.19. The van der Waals surface area contributed by atoms with Crippen LogP contribution in [0.1, 0.15) is 27.2 Å². The average Bonchev–Trinajstić information content (AvgIpc) is 2.53. The molecule has 1 aliphatic rings. The van der Waals surface area contributed by atoms with Gasteiger partial charge in [0.15, 0.2) is 0 Å². The molecule has 0 saturated heterocycles. The van der Waals surface area contributed by atoms with E-state index in [4.69, 9.17) is 0 Å². The molecular formula is C11H13UV3-3. The van der Waals surface area contributed by atoms with Crippen molar-refractivity contribution in [3.8, 4) is 0 Å². The Bertz CT molecular complexity index is 242. The van der Waals surface area contributed by atoms with Crippen molar-refractivity contribution in [2.24, 2.45) is 5.92 Å². The standard InChI is InChI=1S/C9H10.C2H3.U.3V/c1-7(2)9-5-4-8(3)6-9;1-2;;;;/h5,7H,4H2,1-2H3;1H3;;;;/q-2;-1;;;;. The van der Waals surface area contributed by atoms with Gasteiger partial charge in [0.05, 0.1) is 0 Å². The molecular weight excluding hydrogens is 523 g/mol. The molecule has 0 saturated carbocycles. The molecule has 0 unspecified atom stereocenters. The topological polar surface area (TPSA) is 0 Å². The Morgan fingerprint density at radius 2 is 1.87 bits per heavy atom. The van der Waals surface area contributed by atoms with Gasteiger partial charge >= 0.3 is 99.8 Å². The van der Waals surface area contributed by atoms with Crippen LogP contribution in [-0.2, 0) is 52.5 Å². The van der Waals surface area contributed by atoms with E-state index in [1.54, 1.807) is 0 Å². The second kappa shape index (κ2) is 14.1. The van der Waals surface area contributed by atoms with Gasteiger partial charge in [-0.05, 0) is 0 Å². The minimum atomic E-state index is 0. The third-order valence-electron chi connectivity index (χ3n) is 1.58. The summed E-state index contributed by atoms with van der Waals surface area (Å²) < 4.78 is 5.73. The fourth-order valence-electron chi connectivity index (χ4n) is 0.942. The van der Waals surface area contributed by atoms with E-state index >= 15 is 0 Å². The fourth-order valence-corrected chi connectivity index (χ4v) is 1.17. The summed E-state index contributed by atoms with van der Waals surface area (Å²) in [6.07, 6.45) is 6.53. The van der Waals surface area contributed by atoms with Crippen LogP contribution in [0, 0.1) is 43.1 Å². The van der Waals surface area contributed by atoms with Crippen molar-refractivity contribution in [3.05, 3.63) is 23.3 Å². The summed E-state index contributed by atoms with van der Waals surface area (Å²) in [6.45, 7) is 6.22. The Labute approximate surface area is 147 Å². The van der Waals surface area contributed by atoms with Crippen molar-refractivity contribution in [2.75, 3.05) is 0 Å². The molecule has 4 heteroatoms. The van der Waals surface area contributed by atoms with Crippen molar-refractivity contribution in [1.29, 1.82) is 0 Å². The van der Waals surface area contributed by atoms with Gasteiger partial charge < -0.3 is 0 Å². The quantitative estimate of drug-likeness (QED) is 0.476. The Morgan fingerprint density at radius 3 is 2.07 bits per heavy atom. The summed E-state index contributed by atoms with van der Waals surface area (Å²) in [5.74, 6) is 0.610. The van der Waals surface area contributed by atoms with E-state index in [9.17, 15) is 0 Å². The van der Waals surface area contributed by atoms with E-state index in [0.717, 1.165) is 6.42 Å². The fraction of sp³-hybridized carbons (Fsp3) is 0.455. The Balaban J connectivity index is -0.000000260. The van der Waals surface area contributed by atoms with Crippen molar-refractivity contribution >= 4 is 9.46 Å². The normalized spacial score (nSPS) is 12.1. The Kier molecular flexibility index (Phi) is 20.9. The molecule has 1 aliphatic carbocycles. The molecule has 0 aromatic heterocycles. The molecule has 0 aromatic carbocycles. The minimum absolute atomic E-state index is 0. The van der Waals surface area contributed by atoms with E-state index in [1.165, 1.54) is 11.1 Å². The van der Waals surface area contributed by atoms with Gasteiger partial charge in [-0.25, -0.2) is 0 Å². The summed E-state index contributed by atoms with van der Waals surface area (Å²) >= 11 is 4.57. The predicted molar refractivity (Wildman–Crippen MR) is 50.0 cm³/mol. The van der Waals surface area contributed by atoms with Crippen molar-refractivity contribution in [1.82, 2.24) is 0 Å². The second-order valence-corrected chi connectivity index (χ2v) is 4.00. The van der Waals surface area contributed by atoms with Crippen molar-refractivity contribution in [2.45, 2.75) is 27.2 Å². The van der Waals surface area contributed by atoms with Crippen LogP contribution < -0.4 is 0 Å². The van der Waals surface area contributed by atoms with Crippen LogP contribution in [0.4, 0.5) is 0 Å². The molecule has 0 N–H and O–H groups in total. The molecule has 0 aromatic rings. The number of allylic oxidation sites excluding steroid dienone is 4. The van der Waals surface area contributed by atoms with Gasteiger partial charge in [-0.3, -0.25) is 0 Å². The van der Waals surface area contributed by atoms with E-state index in [-0.39, 0.29) is 49.7 Å². The maximum Gasteiger partial charge on any atom is 0 e. The zero-order valence-corrected chi connectivity index (χ0v) is 17.6. The summed E-state index contributed by atoms with van der Waals surface area (Å²) in [5.41, 5.74) is 2.51. The van der Waals surface area contributed by atoms with Gasteiger partial charge in [0.2, 0.25) is 0 Å². The molecule has 79 valence electrons. The molecule has 0 bridgehead atoms. The maximum atomic E-state index is 3.29. The van der Waals surface area contributed by atoms with Crippen LogP contribution in [0.5, 0.6) is 0 Å². The second-order valence-electron chi connectivity index (χ2n) is 2.96. The largest absolute Gasteiger partial charge is 0 e. The molecule has 0 amide bonds. The van der Waals surface area contributed by atoms with Crippen LogP contribution >= 0.6 is 0 Å². The maximum absolute atomic E-state index is 3.29. The molecule has 0 aliphatic heterocycles. The number of hydrogen-bond donors (Lipinski definition) is 0. The van der Waals surface area contributed by atoms with Gasteiger partial charge in [0.25, 0.3) is 0 Å². The van der Waals surface area contributed by atoms with Gasteiger partial charge in [0, 0.05) is 49.7 Å². The third-order valence-corrected chi connectivity index (χ3v) is 2.00. The SMILES string of the molecule is CC(C)C1=CCC([C-]=[V])=[C-]1.C[C-]=[V].[U].[V]. The first-order chi connectivity index (χ1) is 6.15. The zero-order chi connectivity index (χ0) is 10.3. The molecule has 1 rings (SSSR count). The monoisotopic (exact) mass is 536 g/mol. The van der Waals surface area contributed by atoms with Crippen molar-refractivity contribution < 1.29 is 83.6 Å². The van der Waals surface area contributed by atoms with E-state index in [0.29, 0.717) is 5.92 Å². The van der Waals surface area contributed by atoms with Gasteiger partial charge in [-0.15, -0.1) is 0 Å². The number of hydrogen-bond acceptors (Lipinski definition) is 0. The molecule has 0 heterocycles. The van der Waals surface area contributed by atoms with Crippen LogP contribution in [0.3, 0.4) is 0 Å². The van der Waals surface area contributed by atoms with E-state index in [2.05, 4.69) is 69.4 Å². The predicted octanol–water partition coefficient (Wildman–Crippen LogP) is 2.16. The van der Waals surface area contributed by atoms with E-state index < -0.39 is 0 Å². The molecule has 0 atom stereocenters. The summed E-state index contributed by atoms with van der Waals surface area (Å²) in [4.78, 5) is 0. The van der Waals surface area contributed by atoms with E-state index in [1.807, 2.05) is 6.92 Å². The van der Waals surface area contributed by atoms with Crippen LogP contribution in [-0.4, -0.2) is 9.46 Å². The molecule has 0 spiro atoms. The third kappa shape index (κ3) is 10.9. The molecule has 0 nitrogen and oxygen atoms in total. The summed E-state index contributed by atoms with van der Waals surface area (Å²) in [6, 6.07) is 0. The molecule has 1 radical (unpaired) electrons. The summed E-state index contributed by atoms with van der Waals surface area (Å²) in [7, 11) is 0. The van der Waals surface area contributed by atoms with Crippen molar-refractivity contribution in [3.63, 3.8) is 0 Å². The van der Waals surface area contributed by atoms with Gasteiger partial charge in [0.1, 0.15) is 0 Å². The van der Waals surface area contributed by atoms with Crippen LogP contribution in [0.25, 0.3) is 0 Å². The molecule has 0 fully saturated rings. The zero-order valence-electron chi connectivity index (χ0n) is 9.20. The van der Waals surface area contributed by atoms with Gasteiger partial charge in [-0.1, -0.05) is 0 Å². The van der Waals surface area contributed by atoms with Crippen LogP contribution in [0.15, 0.2) is 17.2 Å². The first-order valence-corrected chi connectivity index (χ1v) is 5.59. The minimum Gasteiger partial charge on any atom is 0 e. The Hall–Kier alpha value is 2.03. The smallest absolute Gasteiger partial charge is 0 e. The van der Waals surface area contributed by atoms with Gasteiger partial charge in [-0.2, -0.15) is 0 Å². The molecule has 15 heavy (non-hydrogen) atoms. The van der Waals surface area contributed by atoms with Crippen LogP contribution in [0.2, 0.25) is 0 Å². The first kappa shape index (κ1) is 22.2. The average molecular weight is 536 g/mol.